The SMILES string of the molecule is N#Cc1cc(-n2cnc(C#N)n2)ccn1. The minimum absolute atomic E-state index is 0.0883. The molecule has 0 aliphatic heterocycles. The van der Waals surface area contributed by atoms with Crippen LogP contribution in [0.4, 0.5) is 0 Å². The van der Waals surface area contributed by atoms with E-state index in [1.165, 1.54) is 17.2 Å². The van der Waals surface area contributed by atoms with Crippen LogP contribution < -0.4 is 0 Å². The van der Waals surface area contributed by atoms with Crippen LogP contribution in [0.2, 0.25) is 0 Å². The van der Waals surface area contributed by atoms with E-state index in [1.54, 1.807) is 12.1 Å². The van der Waals surface area contributed by atoms with Gasteiger partial charge in [-0.25, -0.2) is 14.6 Å². The van der Waals surface area contributed by atoms with E-state index in [2.05, 4.69) is 15.1 Å². The second kappa shape index (κ2) is 3.56. The second-order valence-electron chi connectivity index (χ2n) is 2.64. The molecule has 0 bridgehead atoms. The van der Waals surface area contributed by atoms with Gasteiger partial charge < -0.3 is 0 Å². The zero-order valence-corrected chi connectivity index (χ0v) is 7.49. The molecule has 0 saturated carbocycles. The Balaban J connectivity index is 2.46. The molecule has 2 heterocycles. The highest BCUT2D eigenvalue weighted by Crippen LogP contribution is 2.05. The van der Waals surface area contributed by atoms with E-state index in [4.69, 9.17) is 10.5 Å². The molecule has 0 saturated heterocycles. The molecule has 0 fully saturated rings. The van der Waals surface area contributed by atoms with Gasteiger partial charge in [-0.1, -0.05) is 0 Å². The Kier molecular flexibility index (Phi) is 2.10. The Morgan fingerprint density at radius 3 is 2.73 bits per heavy atom. The van der Waals surface area contributed by atoms with Crippen LogP contribution in [-0.2, 0) is 0 Å². The molecule has 2 aromatic rings. The molecule has 6 nitrogen and oxygen atoms in total. The molecule has 0 aliphatic carbocycles. The maximum absolute atomic E-state index is 8.65. The van der Waals surface area contributed by atoms with E-state index in [1.807, 2.05) is 12.1 Å². The van der Waals surface area contributed by atoms with Crippen molar-refractivity contribution in [1.82, 2.24) is 19.7 Å². The third kappa shape index (κ3) is 1.64. The number of nitrogens with zero attached hydrogens (tertiary/aromatic N) is 6. The lowest BCUT2D eigenvalue weighted by atomic mass is 10.3. The van der Waals surface area contributed by atoms with E-state index in [9.17, 15) is 0 Å². The van der Waals surface area contributed by atoms with Gasteiger partial charge in [0.25, 0.3) is 5.82 Å². The summed E-state index contributed by atoms with van der Waals surface area (Å²) < 4.78 is 1.42. The van der Waals surface area contributed by atoms with Crippen LogP contribution in [0.3, 0.4) is 0 Å². The summed E-state index contributed by atoms with van der Waals surface area (Å²) in [5, 5.41) is 21.1. The van der Waals surface area contributed by atoms with Gasteiger partial charge in [0, 0.05) is 12.3 Å². The normalized spacial score (nSPS) is 9.20. The van der Waals surface area contributed by atoms with Gasteiger partial charge in [0.05, 0.1) is 5.69 Å². The monoisotopic (exact) mass is 196 g/mol. The smallest absolute Gasteiger partial charge is 0.245 e. The second-order valence-corrected chi connectivity index (χ2v) is 2.64. The van der Waals surface area contributed by atoms with Gasteiger partial charge in [0.2, 0.25) is 0 Å². The Labute approximate surface area is 85.1 Å². The fraction of sp³-hybridized carbons (Fsp3) is 0. The van der Waals surface area contributed by atoms with Crippen molar-refractivity contribution in [1.29, 1.82) is 10.5 Å². The number of rotatable bonds is 1. The van der Waals surface area contributed by atoms with Crippen molar-refractivity contribution in [3.05, 3.63) is 36.2 Å². The first kappa shape index (κ1) is 8.85. The highest BCUT2D eigenvalue weighted by molar-refractivity contribution is 5.35. The van der Waals surface area contributed by atoms with E-state index in [-0.39, 0.29) is 5.82 Å². The average Bonchev–Trinajstić information content (AvgIpc) is 2.78. The van der Waals surface area contributed by atoms with Gasteiger partial charge in [-0.15, -0.1) is 5.10 Å². The zero-order valence-electron chi connectivity index (χ0n) is 7.49. The summed E-state index contributed by atoms with van der Waals surface area (Å²) in [6.45, 7) is 0. The lowest BCUT2D eigenvalue weighted by Gasteiger charge is -1.98. The first-order chi connectivity index (χ1) is 7.33. The number of pyridine rings is 1. The molecular weight excluding hydrogens is 192 g/mol. The fourth-order valence-corrected chi connectivity index (χ4v) is 1.06. The van der Waals surface area contributed by atoms with Gasteiger partial charge in [0.15, 0.2) is 0 Å². The summed E-state index contributed by atoms with van der Waals surface area (Å²) in [5.74, 6) is 0.0883. The third-order valence-corrected chi connectivity index (χ3v) is 1.71. The Morgan fingerprint density at radius 1 is 1.20 bits per heavy atom. The van der Waals surface area contributed by atoms with E-state index in [0.29, 0.717) is 11.4 Å². The van der Waals surface area contributed by atoms with E-state index >= 15 is 0 Å². The van der Waals surface area contributed by atoms with Crippen LogP contribution >= 0.6 is 0 Å². The molecule has 15 heavy (non-hydrogen) atoms. The van der Waals surface area contributed by atoms with Gasteiger partial charge in [0.1, 0.15) is 24.2 Å². The fourth-order valence-electron chi connectivity index (χ4n) is 1.06. The van der Waals surface area contributed by atoms with Crippen LogP contribution in [0.5, 0.6) is 0 Å². The predicted molar refractivity (Wildman–Crippen MR) is 48.6 cm³/mol. The first-order valence-electron chi connectivity index (χ1n) is 4.02. The van der Waals surface area contributed by atoms with Gasteiger partial charge in [-0.2, -0.15) is 10.5 Å². The summed E-state index contributed by atoms with van der Waals surface area (Å²) in [6.07, 6.45) is 2.91. The maximum Gasteiger partial charge on any atom is 0.252 e. The van der Waals surface area contributed by atoms with Crippen molar-refractivity contribution in [3.63, 3.8) is 0 Å². The predicted octanol–water partition coefficient (Wildman–Crippen LogP) is 0.406. The average molecular weight is 196 g/mol. The first-order valence-corrected chi connectivity index (χ1v) is 4.02. The topological polar surface area (TPSA) is 91.2 Å². The molecule has 2 aromatic heterocycles. The minimum Gasteiger partial charge on any atom is -0.245 e. The standard InChI is InChI=1S/C9H4N6/c10-4-7-3-8(1-2-12-7)15-6-13-9(5-11)14-15/h1-3,6H. The van der Waals surface area contributed by atoms with E-state index < -0.39 is 0 Å². The van der Waals surface area contributed by atoms with Crippen molar-refractivity contribution in [2.75, 3.05) is 0 Å². The summed E-state index contributed by atoms with van der Waals surface area (Å²) in [4.78, 5) is 7.58. The van der Waals surface area contributed by atoms with Gasteiger partial charge in [-0.05, 0) is 6.07 Å². The van der Waals surface area contributed by atoms with Crippen molar-refractivity contribution < 1.29 is 0 Å². The van der Waals surface area contributed by atoms with Crippen molar-refractivity contribution in [3.8, 4) is 17.8 Å². The van der Waals surface area contributed by atoms with Crippen LogP contribution in [0.25, 0.3) is 5.69 Å². The molecule has 0 spiro atoms. The Bertz CT molecular complexity index is 571. The molecule has 0 N–H and O–H groups in total. The number of hydrogen-bond donors (Lipinski definition) is 0. The summed E-state index contributed by atoms with van der Waals surface area (Å²) in [7, 11) is 0. The van der Waals surface area contributed by atoms with Gasteiger partial charge in [-0.3, -0.25) is 0 Å². The Hall–Kier alpha value is -2.73. The largest absolute Gasteiger partial charge is 0.252 e. The number of aromatic nitrogens is 4. The molecular formula is C9H4N6. The van der Waals surface area contributed by atoms with E-state index in [0.717, 1.165) is 0 Å². The molecule has 0 aromatic carbocycles. The van der Waals surface area contributed by atoms with Crippen LogP contribution in [-0.4, -0.2) is 19.7 Å². The van der Waals surface area contributed by atoms with Crippen molar-refractivity contribution >= 4 is 0 Å². The summed E-state index contributed by atoms with van der Waals surface area (Å²) >= 11 is 0. The highest BCUT2D eigenvalue weighted by atomic mass is 15.3. The summed E-state index contributed by atoms with van der Waals surface area (Å²) in [5.41, 5.74) is 0.942. The molecule has 2 rings (SSSR count). The molecule has 0 radical (unpaired) electrons. The molecule has 0 unspecified atom stereocenters. The number of nitriles is 2. The lowest BCUT2D eigenvalue weighted by molar-refractivity contribution is 0.869. The molecule has 0 aliphatic rings. The molecule has 70 valence electrons. The molecule has 0 atom stereocenters. The number of hydrogen-bond acceptors (Lipinski definition) is 5. The van der Waals surface area contributed by atoms with Crippen LogP contribution in [0, 0.1) is 22.7 Å². The van der Waals surface area contributed by atoms with Crippen molar-refractivity contribution in [2.45, 2.75) is 0 Å². The van der Waals surface area contributed by atoms with Crippen LogP contribution in [0.15, 0.2) is 24.7 Å². The highest BCUT2D eigenvalue weighted by Gasteiger charge is 2.02. The molecule has 0 amide bonds. The lowest BCUT2D eigenvalue weighted by Crippen LogP contribution is -1.96. The third-order valence-electron chi connectivity index (χ3n) is 1.71. The van der Waals surface area contributed by atoms with Gasteiger partial charge >= 0.3 is 0 Å². The molecule has 6 heteroatoms. The van der Waals surface area contributed by atoms with Crippen molar-refractivity contribution in [2.24, 2.45) is 0 Å². The summed E-state index contributed by atoms with van der Waals surface area (Å²) in [6, 6.07) is 6.98. The maximum atomic E-state index is 8.65. The minimum atomic E-state index is 0.0883. The van der Waals surface area contributed by atoms with Crippen LogP contribution in [0.1, 0.15) is 11.5 Å². The zero-order chi connectivity index (χ0) is 10.7. The Morgan fingerprint density at radius 2 is 2.07 bits per heavy atom. The quantitative estimate of drug-likeness (QED) is 0.658.